The van der Waals surface area contributed by atoms with E-state index in [0.29, 0.717) is 12.8 Å². The summed E-state index contributed by atoms with van der Waals surface area (Å²) in [6.07, 6.45) is 94.3. The number of aliphatic hydroxyl groups is 1. The summed E-state index contributed by atoms with van der Waals surface area (Å²) in [7, 11) is 0. The van der Waals surface area contributed by atoms with Crippen LogP contribution in [0, 0.1) is 0 Å². The van der Waals surface area contributed by atoms with Crippen LogP contribution in [-0.4, -0.2) is 36.4 Å². The van der Waals surface area contributed by atoms with E-state index in [9.17, 15) is 14.7 Å². The summed E-state index contributed by atoms with van der Waals surface area (Å²) < 4.78 is 10.7. The van der Waals surface area contributed by atoms with E-state index in [0.717, 1.165) is 109 Å². The molecule has 0 fully saturated rings. The number of esters is 2. The fourth-order valence-corrected chi connectivity index (χ4v) is 8.41. The number of hydrogen-bond donors (Lipinski definition) is 1. The molecular weight excluding hydrogens is 909 g/mol. The van der Waals surface area contributed by atoms with Crippen molar-refractivity contribution in [2.75, 3.05) is 13.2 Å². The highest BCUT2D eigenvalue weighted by atomic mass is 16.6. The Hall–Kier alpha value is -3.96. The van der Waals surface area contributed by atoms with Crippen LogP contribution in [0.4, 0.5) is 0 Å². The van der Waals surface area contributed by atoms with E-state index >= 15 is 0 Å². The van der Waals surface area contributed by atoms with Crippen LogP contribution in [-0.2, 0) is 19.1 Å². The maximum absolute atomic E-state index is 12.3. The first kappa shape index (κ1) is 70.0. The fraction of sp³-hybridized carbons (Fsp3) is 0.652. The zero-order valence-corrected chi connectivity index (χ0v) is 48.1. The quantitative estimate of drug-likeness (QED) is 0.0373. The maximum Gasteiger partial charge on any atom is 0.306 e. The first-order chi connectivity index (χ1) is 36.6. The molecule has 74 heavy (non-hydrogen) atoms. The minimum atomic E-state index is -0.784. The van der Waals surface area contributed by atoms with Gasteiger partial charge in [0.05, 0.1) is 6.61 Å². The predicted molar refractivity (Wildman–Crippen MR) is 324 cm³/mol. The number of aliphatic hydroxyl groups excluding tert-OH is 1. The van der Waals surface area contributed by atoms with E-state index in [1.165, 1.54) is 135 Å². The lowest BCUT2D eigenvalue weighted by molar-refractivity contribution is -0.161. The minimum absolute atomic E-state index is 0.0734. The molecule has 0 radical (unpaired) electrons. The highest BCUT2D eigenvalue weighted by Gasteiger charge is 2.16. The van der Waals surface area contributed by atoms with Crippen LogP contribution in [0.15, 0.2) is 134 Å². The van der Waals surface area contributed by atoms with Crippen LogP contribution in [0.3, 0.4) is 0 Å². The number of hydrogen-bond acceptors (Lipinski definition) is 5. The SMILES string of the molecule is CC/C=C\C/C=C\C/C=C\C/C=C\C/C=C\C/C=C\CCCCCCCCCCCCC(=O)OC(CO)COC(=O)CCCCCCCCCCCCCCCCC/C=C\C/C=C\C/C=C\C/C=C\C/C=C\CC. The van der Waals surface area contributed by atoms with Crippen molar-refractivity contribution in [3.63, 3.8) is 0 Å². The Balaban J connectivity index is 3.52. The molecule has 0 spiro atoms. The van der Waals surface area contributed by atoms with Crippen LogP contribution < -0.4 is 0 Å². The van der Waals surface area contributed by atoms with Crippen LogP contribution in [0.1, 0.15) is 271 Å². The highest BCUT2D eigenvalue weighted by molar-refractivity contribution is 5.70. The molecule has 0 saturated carbocycles. The predicted octanol–water partition coefficient (Wildman–Crippen LogP) is 21.2. The number of unbranched alkanes of at least 4 members (excludes halogenated alkanes) is 25. The Labute approximate surface area is 457 Å². The smallest absolute Gasteiger partial charge is 0.306 e. The second-order valence-electron chi connectivity index (χ2n) is 20.0. The molecule has 0 aliphatic rings. The van der Waals surface area contributed by atoms with E-state index in [1.54, 1.807) is 0 Å². The standard InChI is InChI=1S/C69H114O5/c1-3-5-7-9-11-13-15-17-19-21-23-25-27-29-31-33-34-36-37-39-41-43-45-47-49-51-53-55-57-59-61-63-68(71)73-66-67(65-70)74-69(72)64-62-60-58-56-54-52-50-48-46-44-42-40-38-35-32-30-28-26-24-22-20-18-16-14-12-10-8-6-4-2/h5-8,11-14,17-20,23-26,29-32,38,40,67,70H,3-4,9-10,15-16,21-22,27-28,33-37,39,41-66H2,1-2H3/b7-5-,8-6-,13-11-,14-12-,19-17-,20-18-,25-23-,26-24-,31-29-,32-30-,40-38-. The van der Waals surface area contributed by atoms with Crippen molar-refractivity contribution < 1.29 is 24.2 Å². The zero-order valence-electron chi connectivity index (χ0n) is 48.1. The molecule has 5 heteroatoms. The normalized spacial score (nSPS) is 13.2. The molecule has 0 heterocycles. The van der Waals surface area contributed by atoms with E-state index in [-0.39, 0.29) is 25.2 Å². The number of carbonyl (C=O) groups is 2. The van der Waals surface area contributed by atoms with Crippen molar-refractivity contribution in [1.29, 1.82) is 0 Å². The Kier molecular flexibility index (Phi) is 59.9. The molecule has 0 amide bonds. The Morgan fingerprint density at radius 3 is 0.811 bits per heavy atom. The van der Waals surface area contributed by atoms with Gasteiger partial charge in [-0.3, -0.25) is 9.59 Å². The van der Waals surface area contributed by atoms with E-state index in [4.69, 9.17) is 9.47 Å². The third kappa shape index (κ3) is 60.6. The number of carbonyl (C=O) groups excluding carboxylic acids is 2. The Bertz CT molecular complexity index is 1530. The summed E-state index contributed by atoms with van der Waals surface area (Å²) in [6.45, 7) is 3.92. The molecule has 0 aromatic carbocycles. The van der Waals surface area contributed by atoms with Gasteiger partial charge >= 0.3 is 11.9 Å². The number of ether oxygens (including phenoxy) is 2. The second-order valence-corrected chi connectivity index (χ2v) is 20.0. The second kappa shape index (κ2) is 63.3. The van der Waals surface area contributed by atoms with Crippen LogP contribution >= 0.6 is 0 Å². The topological polar surface area (TPSA) is 72.8 Å². The van der Waals surface area contributed by atoms with E-state index in [2.05, 4.69) is 148 Å². The minimum Gasteiger partial charge on any atom is -0.462 e. The molecule has 0 aliphatic carbocycles. The lowest BCUT2D eigenvalue weighted by atomic mass is 10.0. The zero-order chi connectivity index (χ0) is 53.4. The lowest BCUT2D eigenvalue weighted by Crippen LogP contribution is -2.28. The van der Waals surface area contributed by atoms with Crippen molar-refractivity contribution in [2.45, 2.75) is 277 Å². The third-order valence-electron chi connectivity index (χ3n) is 12.9. The first-order valence-electron chi connectivity index (χ1n) is 30.7. The first-order valence-corrected chi connectivity index (χ1v) is 30.7. The molecule has 0 aromatic heterocycles. The van der Waals surface area contributed by atoms with Crippen LogP contribution in [0.2, 0.25) is 0 Å². The van der Waals surface area contributed by atoms with Crippen LogP contribution in [0.25, 0.3) is 0 Å². The summed E-state index contributed by atoms with van der Waals surface area (Å²) in [5, 5.41) is 9.68. The maximum atomic E-state index is 12.3. The monoisotopic (exact) mass is 1020 g/mol. The van der Waals surface area contributed by atoms with Gasteiger partial charge < -0.3 is 14.6 Å². The Morgan fingerprint density at radius 2 is 0.541 bits per heavy atom. The number of rotatable bonds is 55. The van der Waals surface area contributed by atoms with Gasteiger partial charge in [0, 0.05) is 12.8 Å². The highest BCUT2D eigenvalue weighted by Crippen LogP contribution is 2.16. The average molecular weight is 1020 g/mol. The van der Waals surface area contributed by atoms with Gasteiger partial charge in [-0.2, -0.15) is 0 Å². The largest absolute Gasteiger partial charge is 0.462 e. The molecule has 0 bridgehead atoms. The van der Waals surface area contributed by atoms with E-state index < -0.39 is 6.10 Å². The molecule has 1 unspecified atom stereocenters. The summed E-state index contributed by atoms with van der Waals surface area (Å²) in [5.74, 6) is -0.596. The molecule has 0 aromatic rings. The molecule has 1 atom stereocenters. The van der Waals surface area contributed by atoms with Gasteiger partial charge in [0.25, 0.3) is 0 Å². The lowest BCUT2D eigenvalue weighted by Gasteiger charge is -2.15. The van der Waals surface area contributed by atoms with Crippen molar-refractivity contribution >= 4 is 11.9 Å². The van der Waals surface area contributed by atoms with Gasteiger partial charge in [-0.25, -0.2) is 0 Å². The summed E-state index contributed by atoms with van der Waals surface area (Å²) in [6, 6.07) is 0. The molecule has 5 nitrogen and oxygen atoms in total. The fourth-order valence-electron chi connectivity index (χ4n) is 8.41. The Morgan fingerprint density at radius 1 is 0.311 bits per heavy atom. The van der Waals surface area contributed by atoms with Gasteiger partial charge in [0.1, 0.15) is 6.61 Å². The van der Waals surface area contributed by atoms with Gasteiger partial charge in [0.15, 0.2) is 6.10 Å². The summed E-state index contributed by atoms with van der Waals surface area (Å²) >= 11 is 0. The summed E-state index contributed by atoms with van der Waals surface area (Å²) in [4.78, 5) is 24.6. The molecule has 1 N–H and O–H groups in total. The van der Waals surface area contributed by atoms with Crippen molar-refractivity contribution in [3.8, 4) is 0 Å². The average Bonchev–Trinajstić information content (AvgIpc) is 3.40. The van der Waals surface area contributed by atoms with E-state index in [1.807, 2.05) is 0 Å². The molecule has 0 rings (SSSR count). The van der Waals surface area contributed by atoms with Crippen molar-refractivity contribution in [3.05, 3.63) is 134 Å². The number of allylic oxidation sites excluding steroid dienone is 22. The van der Waals surface area contributed by atoms with Crippen molar-refractivity contribution in [1.82, 2.24) is 0 Å². The molecule has 0 aliphatic heterocycles. The molecular formula is C69H114O5. The van der Waals surface area contributed by atoms with Crippen molar-refractivity contribution in [2.24, 2.45) is 0 Å². The summed E-state index contributed by atoms with van der Waals surface area (Å²) in [5.41, 5.74) is 0. The van der Waals surface area contributed by atoms with Gasteiger partial charge in [-0.15, -0.1) is 0 Å². The molecule has 0 saturated heterocycles. The van der Waals surface area contributed by atoms with Gasteiger partial charge in [-0.05, 0) is 109 Å². The van der Waals surface area contributed by atoms with Crippen LogP contribution in [0.5, 0.6) is 0 Å². The molecule has 420 valence electrons. The van der Waals surface area contributed by atoms with Gasteiger partial charge in [0.2, 0.25) is 0 Å². The van der Waals surface area contributed by atoms with Gasteiger partial charge in [-0.1, -0.05) is 282 Å². The third-order valence-corrected chi connectivity index (χ3v) is 12.9.